The van der Waals surface area contributed by atoms with Crippen LogP contribution in [0.1, 0.15) is 19.8 Å². The Labute approximate surface area is 63.4 Å². The van der Waals surface area contributed by atoms with Gasteiger partial charge in [-0.25, -0.2) is 0 Å². The molecule has 0 fully saturated rings. The normalized spacial score (nSPS) is 9.30. The van der Waals surface area contributed by atoms with Gasteiger partial charge >= 0.3 is 0 Å². The lowest BCUT2D eigenvalue weighted by Crippen LogP contribution is -1.93. The Balaban J connectivity index is 2.90. The maximum atomic E-state index is 5.17. The fourth-order valence-electron chi connectivity index (χ4n) is 0.643. The summed E-state index contributed by atoms with van der Waals surface area (Å²) in [6.07, 6.45) is 3.90. The predicted molar refractivity (Wildman–Crippen MR) is 45.1 cm³/mol. The third-order valence-corrected chi connectivity index (χ3v) is 1.13. The van der Waals surface area contributed by atoms with Crippen LogP contribution in [0.3, 0.4) is 0 Å². The monoisotopic (exact) mass is 140 g/mol. The largest absolute Gasteiger partial charge is 0.377 e. The van der Waals surface area contributed by atoms with E-state index in [-0.39, 0.29) is 0 Å². The van der Waals surface area contributed by atoms with Crippen LogP contribution in [-0.2, 0) is 4.74 Å². The van der Waals surface area contributed by atoms with Gasteiger partial charge in [-0.1, -0.05) is 11.6 Å². The lowest BCUT2D eigenvalue weighted by atomic mass is 10.2. The van der Waals surface area contributed by atoms with Crippen LogP contribution in [0.4, 0.5) is 0 Å². The zero-order valence-corrected chi connectivity index (χ0v) is 6.73. The summed E-state index contributed by atoms with van der Waals surface area (Å²) in [6.45, 7) is 10.9. The summed E-state index contributed by atoms with van der Waals surface area (Å²) in [5, 5.41) is 0. The van der Waals surface area contributed by atoms with Gasteiger partial charge in [-0.2, -0.15) is 0 Å². The quantitative estimate of drug-likeness (QED) is 0.407. The average Bonchev–Trinajstić information content (AvgIpc) is 1.87. The molecule has 1 nitrogen and oxygen atoms in total. The molecule has 0 N–H and O–H groups in total. The highest BCUT2D eigenvalue weighted by molar-refractivity contribution is 4.87. The minimum atomic E-state index is 0.663. The first-order chi connectivity index (χ1) is 4.77. The number of allylic oxidation sites excluding steroid dienone is 1. The highest BCUT2D eigenvalue weighted by Crippen LogP contribution is 1.99. The van der Waals surface area contributed by atoms with Crippen LogP contribution in [0, 0.1) is 0 Å². The van der Waals surface area contributed by atoms with Crippen LogP contribution in [0.5, 0.6) is 0 Å². The zero-order chi connectivity index (χ0) is 7.82. The van der Waals surface area contributed by atoms with E-state index in [1.807, 2.05) is 6.92 Å². The fourth-order valence-corrected chi connectivity index (χ4v) is 0.643. The van der Waals surface area contributed by atoms with Crippen LogP contribution in [0.2, 0.25) is 0 Å². The molecule has 0 aliphatic heterocycles. The molecule has 0 heterocycles. The molecule has 58 valence electrons. The molecule has 0 aromatic carbocycles. The summed E-state index contributed by atoms with van der Waals surface area (Å²) in [5.74, 6) is 0. The van der Waals surface area contributed by atoms with Crippen LogP contribution < -0.4 is 0 Å². The van der Waals surface area contributed by atoms with Crippen molar-refractivity contribution in [3.05, 3.63) is 24.8 Å². The Morgan fingerprint density at radius 1 is 1.60 bits per heavy atom. The molecule has 1 heteroatoms. The first-order valence-corrected chi connectivity index (χ1v) is 3.60. The zero-order valence-electron chi connectivity index (χ0n) is 6.73. The molecular formula is C9H16O. The van der Waals surface area contributed by atoms with Gasteiger partial charge in [0.2, 0.25) is 0 Å². The maximum Gasteiger partial charge on any atom is 0.0644 e. The molecule has 0 atom stereocenters. The second-order valence-electron chi connectivity index (χ2n) is 2.42. The third-order valence-electron chi connectivity index (χ3n) is 1.13. The third kappa shape index (κ3) is 7.44. The molecule has 10 heavy (non-hydrogen) atoms. The second kappa shape index (κ2) is 6.56. The molecule has 0 saturated carbocycles. The molecule has 0 rings (SSSR count). The molecule has 0 spiro atoms. The Morgan fingerprint density at radius 3 is 2.80 bits per heavy atom. The standard InChI is InChI=1S/C9H16O/c1-4-7-10-8-5-6-9(2)3/h4H,1-2,5-8H2,3H3. The van der Waals surface area contributed by atoms with E-state index in [1.54, 1.807) is 6.08 Å². The van der Waals surface area contributed by atoms with Gasteiger partial charge in [-0.15, -0.1) is 13.2 Å². The first kappa shape index (κ1) is 9.44. The van der Waals surface area contributed by atoms with Crippen molar-refractivity contribution in [3.63, 3.8) is 0 Å². The Morgan fingerprint density at radius 2 is 2.30 bits per heavy atom. The molecule has 0 saturated heterocycles. The van der Waals surface area contributed by atoms with Crippen molar-refractivity contribution in [2.45, 2.75) is 19.8 Å². The SMILES string of the molecule is C=CCOCCCC(=C)C. The van der Waals surface area contributed by atoms with Crippen LogP contribution >= 0.6 is 0 Å². The van der Waals surface area contributed by atoms with Gasteiger partial charge in [-0.05, 0) is 19.8 Å². The molecule has 0 aromatic heterocycles. The molecule has 0 aliphatic carbocycles. The van der Waals surface area contributed by atoms with Crippen molar-refractivity contribution < 1.29 is 4.74 Å². The molecule has 0 bridgehead atoms. The summed E-state index contributed by atoms with van der Waals surface area (Å²) < 4.78 is 5.17. The Hall–Kier alpha value is -0.560. The summed E-state index contributed by atoms with van der Waals surface area (Å²) in [6, 6.07) is 0. The van der Waals surface area contributed by atoms with Gasteiger partial charge in [0, 0.05) is 6.61 Å². The second-order valence-corrected chi connectivity index (χ2v) is 2.42. The van der Waals surface area contributed by atoms with E-state index in [1.165, 1.54) is 5.57 Å². The van der Waals surface area contributed by atoms with E-state index in [4.69, 9.17) is 4.74 Å². The number of ether oxygens (including phenoxy) is 1. The average molecular weight is 140 g/mol. The molecular weight excluding hydrogens is 124 g/mol. The van der Waals surface area contributed by atoms with Gasteiger partial charge in [0.1, 0.15) is 0 Å². The van der Waals surface area contributed by atoms with Gasteiger partial charge in [0.05, 0.1) is 6.61 Å². The molecule has 0 aromatic rings. The highest BCUT2D eigenvalue weighted by Gasteiger charge is 1.86. The topological polar surface area (TPSA) is 9.23 Å². The van der Waals surface area contributed by atoms with E-state index >= 15 is 0 Å². The number of rotatable bonds is 6. The Bertz CT molecular complexity index is 105. The molecule has 0 radical (unpaired) electrons. The van der Waals surface area contributed by atoms with Gasteiger partial charge < -0.3 is 4.74 Å². The van der Waals surface area contributed by atoms with Crippen LogP contribution in [-0.4, -0.2) is 13.2 Å². The van der Waals surface area contributed by atoms with E-state index in [0.29, 0.717) is 6.61 Å². The van der Waals surface area contributed by atoms with Crippen LogP contribution in [0.15, 0.2) is 24.8 Å². The van der Waals surface area contributed by atoms with Gasteiger partial charge in [-0.3, -0.25) is 0 Å². The van der Waals surface area contributed by atoms with Crippen molar-refractivity contribution in [2.75, 3.05) is 13.2 Å². The lowest BCUT2D eigenvalue weighted by Gasteiger charge is -1.99. The van der Waals surface area contributed by atoms with Crippen LogP contribution in [0.25, 0.3) is 0 Å². The molecule has 0 aliphatic rings. The Kier molecular flexibility index (Phi) is 6.19. The molecule has 0 amide bonds. The minimum Gasteiger partial charge on any atom is -0.377 e. The van der Waals surface area contributed by atoms with Gasteiger partial charge in [0.15, 0.2) is 0 Å². The fraction of sp³-hybridized carbons (Fsp3) is 0.556. The van der Waals surface area contributed by atoms with E-state index < -0.39 is 0 Å². The number of hydrogen-bond acceptors (Lipinski definition) is 1. The predicted octanol–water partition coefficient (Wildman–Crippen LogP) is 2.55. The first-order valence-electron chi connectivity index (χ1n) is 3.60. The summed E-state index contributed by atoms with van der Waals surface area (Å²) in [4.78, 5) is 0. The lowest BCUT2D eigenvalue weighted by molar-refractivity contribution is 0.160. The van der Waals surface area contributed by atoms with E-state index in [0.717, 1.165) is 19.4 Å². The van der Waals surface area contributed by atoms with Crippen molar-refractivity contribution in [1.82, 2.24) is 0 Å². The van der Waals surface area contributed by atoms with Crippen molar-refractivity contribution in [2.24, 2.45) is 0 Å². The van der Waals surface area contributed by atoms with Crippen molar-refractivity contribution in [1.29, 1.82) is 0 Å². The van der Waals surface area contributed by atoms with E-state index in [2.05, 4.69) is 13.2 Å². The summed E-state index contributed by atoms with van der Waals surface area (Å²) in [7, 11) is 0. The summed E-state index contributed by atoms with van der Waals surface area (Å²) in [5.41, 5.74) is 1.22. The van der Waals surface area contributed by atoms with Crippen molar-refractivity contribution >= 4 is 0 Å². The number of hydrogen-bond donors (Lipinski definition) is 0. The highest BCUT2D eigenvalue weighted by atomic mass is 16.5. The maximum absolute atomic E-state index is 5.17. The smallest absolute Gasteiger partial charge is 0.0644 e. The van der Waals surface area contributed by atoms with Gasteiger partial charge in [0.25, 0.3) is 0 Å². The minimum absolute atomic E-state index is 0.663. The molecule has 0 unspecified atom stereocenters. The van der Waals surface area contributed by atoms with Crippen molar-refractivity contribution in [3.8, 4) is 0 Å². The van der Waals surface area contributed by atoms with E-state index in [9.17, 15) is 0 Å². The summed E-state index contributed by atoms with van der Waals surface area (Å²) >= 11 is 0.